The summed E-state index contributed by atoms with van der Waals surface area (Å²) in [5.74, 6) is 1.19. The summed E-state index contributed by atoms with van der Waals surface area (Å²) in [7, 11) is 2.09. The highest BCUT2D eigenvalue weighted by Gasteiger charge is 2.14. The molecule has 0 aliphatic carbocycles. The lowest BCUT2D eigenvalue weighted by Crippen LogP contribution is -2.25. The van der Waals surface area contributed by atoms with Crippen LogP contribution in [0.5, 0.6) is 0 Å². The Kier molecular flexibility index (Phi) is 6.08. The molecule has 0 atom stereocenters. The smallest absolute Gasteiger partial charge is 0.224 e. The van der Waals surface area contributed by atoms with Crippen LogP contribution < -0.4 is 5.32 Å². The number of aromatic nitrogens is 2. The molecule has 0 saturated carbocycles. The van der Waals surface area contributed by atoms with Gasteiger partial charge in [0.2, 0.25) is 5.91 Å². The maximum Gasteiger partial charge on any atom is 0.224 e. The number of likely N-dealkylation sites (tertiary alicyclic amines) is 1. The summed E-state index contributed by atoms with van der Waals surface area (Å²) in [4.78, 5) is 19.3. The van der Waals surface area contributed by atoms with Crippen molar-refractivity contribution >= 4 is 22.6 Å². The Morgan fingerprint density at radius 2 is 1.96 bits per heavy atom. The first kappa shape index (κ1) is 17.9. The van der Waals surface area contributed by atoms with E-state index in [1.807, 2.05) is 12.1 Å². The number of hydrogen-bond donors (Lipinski definition) is 1. The van der Waals surface area contributed by atoms with Crippen LogP contribution in [0.4, 0.5) is 5.69 Å². The Hall–Kier alpha value is -1.88. The van der Waals surface area contributed by atoms with Gasteiger partial charge in [-0.3, -0.25) is 9.69 Å². The molecule has 3 rings (SSSR count). The van der Waals surface area contributed by atoms with Crippen LogP contribution in [-0.4, -0.2) is 33.4 Å². The fourth-order valence-corrected chi connectivity index (χ4v) is 3.52. The number of aryl methyl sites for hydroxylation is 1. The SMILES string of the molecule is CCCCC(=O)Nc1ccc2c(c1)nc(CN1CCCCCC1)n2C. The molecule has 1 aliphatic rings. The third-order valence-electron chi connectivity index (χ3n) is 5.08. The molecule has 1 aromatic heterocycles. The van der Waals surface area contributed by atoms with Gasteiger partial charge in [-0.15, -0.1) is 0 Å². The molecule has 0 unspecified atom stereocenters. The molecule has 2 aromatic rings. The fourth-order valence-electron chi connectivity index (χ4n) is 3.52. The average molecular weight is 342 g/mol. The zero-order chi connectivity index (χ0) is 17.6. The lowest BCUT2D eigenvalue weighted by molar-refractivity contribution is -0.116. The van der Waals surface area contributed by atoms with Crippen LogP contribution in [0.3, 0.4) is 0 Å². The Balaban J connectivity index is 1.73. The molecule has 136 valence electrons. The third kappa shape index (κ3) is 4.60. The first-order valence-electron chi connectivity index (χ1n) is 9.65. The quantitative estimate of drug-likeness (QED) is 0.860. The van der Waals surface area contributed by atoms with E-state index in [-0.39, 0.29) is 5.91 Å². The van der Waals surface area contributed by atoms with Gasteiger partial charge in [-0.1, -0.05) is 26.2 Å². The molecule has 1 amide bonds. The summed E-state index contributed by atoms with van der Waals surface area (Å²) in [6, 6.07) is 6.03. The molecular formula is C20H30N4O. The summed E-state index contributed by atoms with van der Waals surface area (Å²) in [6.45, 7) is 5.34. The minimum atomic E-state index is 0.0851. The van der Waals surface area contributed by atoms with E-state index in [0.717, 1.165) is 41.9 Å². The van der Waals surface area contributed by atoms with Gasteiger partial charge in [-0.25, -0.2) is 4.98 Å². The van der Waals surface area contributed by atoms with Crippen LogP contribution in [0.15, 0.2) is 18.2 Å². The van der Waals surface area contributed by atoms with E-state index in [1.54, 1.807) is 0 Å². The Labute approximate surface area is 150 Å². The van der Waals surface area contributed by atoms with Crippen LogP contribution >= 0.6 is 0 Å². The number of carbonyl (C=O) groups excluding carboxylic acids is 1. The van der Waals surface area contributed by atoms with E-state index in [1.165, 1.54) is 38.8 Å². The summed E-state index contributed by atoms with van der Waals surface area (Å²) in [6.07, 6.45) is 7.82. The molecule has 2 heterocycles. The maximum absolute atomic E-state index is 11.9. The topological polar surface area (TPSA) is 50.2 Å². The van der Waals surface area contributed by atoms with Gasteiger partial charge in [0.05, 0.1) is 17.6 Å². The predicted octanol–water partition coefficient (Wildman–Crippen LogP) is 4.08. The van der Waals surface area contributed by atoms with Crippen molar-refractivity contribution in [3.63, 3.8) is 0 Å². The second kappa shape index (κ2) is 8.48. The largest absolute Gasteiger partial charge is 0.330 e. The van der Waals surface area contributed by atoms with E-state index >= 15 is 0 Å². The van der Waals surface area contributed by atoms with Crippen molar-refractivity contribution in [1.82, 2.24) is 14.5 Å². The van der Waals surface area contributed by atoms with Crippen molar-refractivity contribution in [3.8, 4) is 0 Å². The van der Waals surface area contributed by atoms with E-state index in [4.69, 9.17) is 4.98 Å². The number of hydrogen-bond acceptors (Lipinski definition) is 3. The molecule has 5 nitrogen and oxygen atoms in total. The lowest BCUT2D eigenvalue weighted by Gasteiger charge is -2.19. The zero-order valence-electron chi connectivity index (χ0n) is 15.6. The third-order valence-corrected chi connectivity index (χ3v) is 5.08. The number of nitrogens with zero attached hydrogens (tertiary/aromatic N) is 3. The maximum atomic E-state index is 11.9. The second-order valence-corrected chi connectivity index (χ2v) is 7.13. The highest BCUT2D eigenvalue weighted by molar-refractivity contribution is 5.93. The molecule has 25 heavy (non-hydrogen) atoms. The number of fused-ring (bicyclic) bond motifs is 1. The number of imidazole rings is 1. The van der Waals surface area contributed by atoms with Crippen LogP contribution in [0.2, 0.25) is 0 Å². The van der Waals surface area contributed by atoms with Crippen molar-refractivity contribution in [1.29, 1.82) is 0 Å². The van der Waals surface area contributed by atoms with Crippen LogP contribution in [0.25, 0.3) is 11.0 Å². The summed E-state index contributed by atoms with van der Waals surface area (Å²) in [5, 5.41) is 2.99. The van der Waals surface area contributed by atoms with Crippen molar-refractivity contribution in [2.75, 3.05) is 18.4 Å². The van der Waals surface area contributed by atoms with E-state index < -0.39 is 0 Å². The van der Waals surface area contributed by atoms with E-state index in [0.29, 0.717) is 6.42 Å². The second-order valence-electron chi connectivity index (χ2n) is 7.13. The molecule has 5 heteroatoms. The fraction of sp³-hybridized carbons (Fsp3) is 0.600. The first-order chi connectivity index (χ1) is 12.2. The minimum Gasteiger partial charge on any atom is -0.330 e. The van der Waals surface area contributed by atoms with E-state index in [2.05, 4.69) is 34.8 Å². The Morgan fingerprint density at radius 3 is 2.68 bits per heavy atom. The van der Waals surface area contributed by atoms with Gasteiger partial charge in [-0.05, 0) is 50.6 Å². The van der Waals surface area contributed by atoms with Gasteiger partial charge < -0.3 is 9.88 Å². The molecule has 1 aliphatic heterocycles. The monoisotopic (exact) mass is 342 g/mol. The van der Waals surface area contributed by atoms with E-state index in [9.17, 15) is 4.79 Å². The van der Waals surface area contributed by atoms with Gasteiger partial charge in [-0.2, -0.15) is 0 Å². The number of carbonyl (C=O) groups is 1. The number of nitrogens with one attached hydrogen (secondary N) is 1. The van der Waals surface area contributed by atoms with Crippen molar-refractivity contribution in [2.24, 2.45) is 7.05 Å². The van der Waals surface area contributed by atoms with Gasteiger partial charge in [0.1, 0.15) is 5.82 Å². The molecular weight excluding hydrogens is 312 g/mol. The number of benzene rings is 1. The molecule has 1 N–H and O–H groups in total. The number of unbranched alkanes of at least 4 members (excludes halogenated alkanes) is 1. The Bertz CT molecular complexity index is 714. The summed E-state index contributed by atoms with van der Waals surface area (Å²) in [5.41, 5.74) is 2.92. The molecule has 0 spiro atoms. The average Bonchev–Trinajstić information content (AvgIpc) is 2.78. The highest BCUT2D eigenvalue weighted by Crippen LogP contribution is 2.21. The van der Waals surface area contributed by atoms with Crippen LogP contribution in [-0.2, 0) is 18.4 Å². The summed E-state index contributed by atoms with van der Waals surface area (Å²) < 4.78 is 2.18. The lowest BCUT2D eigenvalue weighted by atomic mass is 10.2. The molecule has 1 aromatic carbocycles. The van der Waals surface area contributed by atoms with Gasteiger partial charge in [0.25, 0.3) is 0 Å². The van der Waals surface area contributed by atoms with Crippen molar-refractivity contribution in [2.45, 2.75) is 58.4 Å². The Morgan fingerprint density at radius 1 is 1.20 bits per heavy atom. The van der Waals surface area contributed by atoms with Crippen LogP contribution in [0.1, 0.15) is 57.7 Å². The normalized spacial score (nSPS) is 16.1. The number of rotatable bonds is 6. The van der Waals surface area contributed by atoms with Crippen molar-refractivity contribution < 1.29 is 4.79 Å². The minimum absolute atomic E-state index is 0.0851. The standard InChI is InChI=1S/C20H30N4O/c1-3-4-9-20(25)21-16-10-11-18-17(14-16)22-19(23(18)2)15-24-12-7-5-6-8-13-24/h10-11,14H,3-9,12-13,15H2,1-2H3,(H,21,25). The number of amides is 1. The summed E-state index contributed by atoms with van der Waals surface area (Å²) >= 11 is 0. The molecule has 1 fully saturated rings. The molecule has 1 saturated heterocycles. The predicted molar refractivity (Wildman–Crippen MR) is 103 cm³/mol. The van der Waals surface area contributed by atoms with Crippen molar-refractivity contribution in [3.05, 3.63) is 24.0 Å². The van der Waals surface area contributed by atoms with Gasteiger partial charge in [0, 0.05) is 19.2 Å². The van der Waals surface area contributed by atoms with Gasteiger partial charge >= 0.3 is 0 Å². The molecule has 0 bridgehead atoms. The number of anilines is 1. The van der Waals surface area contributed by atoms with Crippen LogP contribution in [0, 0.1) is 0 Å². The van der Waals surface area contributed by atoms with Gasteiger partial charge in [0.15, 0.2) is 0 Å². The zero-order valence-corrected chi connectivity index (χ0v) is 15.6. The highest BCUT2D eigenvalue weighted by atomic mass is 16.1. The molecule has 0 radical (unpaired) electrons. The first-order valence-corrected chi connectivity index (χ1v) is 9.65.